The third kappa shape index (κ3) is 12.0. The van der Waals surface area contributed by atoms with Crippen molar-refractivity contribution in [2.75, 3.05) is 52.7 Å². The van der Waals surface area contributed by atoms with Crippen LogP contribution in [0.1, 0.15) is 64.1 Å². The topological polar surface area (TPSA) is 80.1 Å². The zero-order chi connectivity index (χ0) is 29.1. The van der Waals surface area contributed by atoms with Crippen molar-refractivity contribution in [2.45, 2.75) is 66.5 Å². The van der Waals surface area contributed by atoms with Crippen molar-refractivity contribution >= 4 is 52.7 Å². The lowest BCUT2D eigenvalue weighted by Crippen LogP contribution is -2.46. The molecule has 8 nitrogen and oxygen atoms in total. The van der Waals surface area contributed by atoms with Crippen LogP contribution in [0.25, 0.3) is 9.75 Å². The van der Waals surface area contributed by atoms with Crippen molar-refractivity contribution in [1.82, 2.24) is 0 Å². The fourth-order valence-electron chi connectivity index (χ4n) is 4.19. The van der Waals surface area contributed by atoms with Gasteiger partial charge in [0.1, 0.15) is 0 Å². The number of nitrogens with zero attached hydrogens (tertiary/aromatic N) is 2. The number of rotatable bonds is 23. The molecule has 2 rings (SSSR count). The summed E-state index contributed by atoms with van der Waals surface area (Å²) in [6, 6.07) is 10.1. The summed E-state index contributed by atoms with van der Waals surface area (Å²) in [5.41, 5.74) is 0. The highest BCUT2D eigenvalue weighted by atomic mass is 32.1. The van der Waals surface area contributed by atoms with Gasteiger partial charge in [-0.05, 0) is 78.6 Å². The van der Waals surface area contributed by atoms with E-state index in [2.05, 4.69) is 34.3 Å². The summed E-state index contributed by atoms with van der Waals surface area (Å²) in [5.74, 6) is 0. The van der Waals surface area contributed by atoms with Gasteiger partial charge in [0, 0.05) is 96.8 Å². The van der Waals surface area contributed by atoms with Gasteiger partial charge in [0.25, 0.3) is 0 Å². The predicted octanol–water partition coefficient (Wildman–Crippen LogP) is 7.19. The fourth-order valence-corrected chi connectivity index (χ4v) is 11.3. The van der Waals surface area contributed by atoms with Crippen molar-refractivity contribution in [3.63, 3.8) is 0 Å². The largest absolute Gasteiger partial charge is 0.500 e. The average molecular weight is 629 g/mol. The van der Waals surface area contributed by atoms with E-state index in [1.807, 2.05) is 54.0 Å². The molecule has 0 fully saturated rings. The van der Waals surface area contributed by atoms with Gasteiger partial charge in [0.05, 0.1) is 0 Å². The number of hydrogen-bond donors (Lipinski definition) is 0. The molecule has 226 valence electrons. The van der Waals surface area contributed by atoms with Crippen LogP contribution >= 0.6 is 22.7 Å². The zero-order valence-electron chi connectivity index (χ0n) is 25.1. The van der Waals surface area contributed by atoms with Crippen LogP contribution in [-0.2, 0) is 26.6 Å². The van der Waals surface area contributed by atoms with E-state index in [9.17, 15) is 0 Å². The van der Waals surface area contributed by atoms with E-state index in [1.54, 1.807) is 22.7 Å². The summed E-state index contributed by atoms with van der Waals surface area (Å²) >= 11 is 3.50. The minimum atomic E-state index is -2.59. The Morgan fingerprint density at radius 3 is 1.18 bits per heavy atom. The maximum atomic E-state index is 5.93. The third-order valence-corrected chi connectivity index (χ3v) is 14.2. The van der Waals surface area contributed by atoms with Crippen LogP contribution < -0.4 is 0 Å². The summed E-state index contributed by atoms with van der Waals surface area (Å²) in [6.07, 6.45) is 5.68. The number of aliphatic imine (C=N–C) groups is 2. The normalized spacial score (nSPS) is 12.8. The SMILES string of the molecule is CCO[Si](CCCN=Cc1ccc(-c2ccc(C=NCCC[Si](OCC)(OCC)OCC)s2)s1)(OCC)OCC. The van der Waals surface area contributed by atoms with E-state index in [0.717, 1.165) is 47.8 Å². The number of hydrogen-bond acceptors (Lipinski definition) is 10. The van der Waals surface area contributed by atoms with Crippen LogP contribution in [0.5, 0.6) is 0 Å². The van der Waals surface area contributed by atoms with Crippen molar-refractivity contribution in [1.29, 1.82) is 0 Å². The second kappa shape index (κ2) is 19.9. The smallest absolute Gasteiger partial charge is 0.374 e. The van der Waals surface area contributed by atoms with E-state index < -0.39 is 17.6 Å². The van der Waals surface area contributed by atoms with Crippen LogP contribution in [0, 0.1) is 0 Å². The molecule has 2 heterocycles. The maximum Gasteiger partial charge on any atom is 0.500 e. The molecule has 0 aliphatic rings. The summed E-state index contributed by atoms with van der Waals surface area (Å²) in [7, 11) is -5.18. The Hall–Kier alpha value is -1.07. The quantitative estimate of drug-likeness (QED) is 0.0736. The lowest BCUT2D eigenvalue weighted by atomic mass is 10.3. The first-order chi connectivity index (χ1) is 19.5. The molecule has 0 saturated heterocycles. The zero-order valence-corrected chi connectivity index (χ0v) is 28.7. The Kier molecular flexibility index (Phi) is 17.5. The Morgan fingerprint density at radius 2 is 0.875 bits per heavy atom. The van der Waals surface area contributed by atoms with E-state index >= 15 is 0 Å². The van der Waals surface area contributed by atoms with Crippen LogP contribution in [0.3, 0.4) is 0 Å². The molecule has 0 aliphatic carbocycles. The highest BCUT2D eigenvalue weighted by Crippen LogP contribution is 2.32. The van der Waals surface area contributed by atoms with Gasteiger partial charge in [-0.2, -0.15) is 0 Å². The molecular formula is C28H48N2O6S2Si2. The van der Waals surface area contributed by atoms with E-state index in [0.29, 0.717) is 39.6 Å². The molecule has 0 bridgehead atoms. The van der Waals surface area contributed by atoms with Crippen molar-refractivity contribution in [2.24, 2.45) is 9.98 Å². The molecule has 0 saturated carbocycles. The van der Waals surface area contributed by atoms with Gasteiger partial charge in [-0.15, -0.1) is 22.7 Å². The highest BCUT2D eigenvalue weighted by Gasteiger charge is 2.40. The van der Waals surface area contributed by atoms with Crippen LogP contribution in [0.4, 0.5) is 0 Å². The number of thiophene rings is 2. The maximum absolute atomic E-state index is 5.93. The first-order valence-electron chi connectivity index (χ1n) is 14.5. The molecule has 0 N–H and O–H groups in total. The first kappa shape index (κ1) is 35.1. The van der Waals surface area contributed by atoms with E-state index in [4.69, 9.17) is 26.6 Å². The van der Waals surface area contributed by atoms with Gasteiger partial charge in [0.15, 0.2) is 0 Å². The molecule has 2 aromatic heterocycles. The molecular weight excluding hydrogens is 581 g/mol. The second-order valence-corrected chi connectivity index (χ2v) is 16.3. The van der Waals surface area contributed by atoms with E-state index in [1.165, 1.54) is 9.75 Å². The lowest BCUT2D eigenvalue weighted by molar-refractivity contribution is 0.0702. The van der Waals surface area contributed by atoms with Gasteiger partial charge in [-0.25, -0.2) is 0 Å². The highest BCUT2D eigenvalue weighted by molar-refractivity contribution is 7.23. The molecule has 0 radical (unpaired) electrons. The van der Waals surface area contributed by atoms with Crippen molar-refractivity contribution < 1.29 is 26.6 Å². The minimum absolute atomic E-state index is 0.600. The molecule has 0 aromatic carbocycles. The van der Waals surface area contributed by atoms with E-state index in [-0.39, 0.29) is 0 Å². The first-order valence-corrected chi connectivity index (χ1v) is 20.0. The molecule has 0 atom stereocenters. The molecule has 40 heavy (non-hydrogen) atoms. The molecule has 12 heteroatoms. The van der Waals surface area contributed by atoms with Crippen LogP contribution in [-0.4, -0.2) is 82.8 Å². The van der Waals surface area contributed by atoms with Crippen LogP contribution in [0.2, 0.25) is 12.1 Å². The fraction of sp³-hybridized carbons (Fsp3) is 0.643. The lowest BCUT2D eigenvalue weighted by Gasteiger charge is -2.28. The molecule has 2 aromatic rings. The van der Waals surface area contributed by atoms with Gasteiger partial charge in [0.2, 0.25) is 0 Å². The van der Waals surface area contributed by atoms with Crippen molar-refractivity contribution in [3.8, 4) is 9.75 Å². The summed E-state index contributed by atoms with van der Waals surface area (Å²) < 4.78 is 35.6. The predicted molar refractivity (Wildman–Crippen MR) is 173 cm³/mol. The third-order valence-electron chi connectivity index (χ3n) is 5.66. The minimum Gasteiger partial charge on any atom is -0.374 e. The monoisotopic (exact) mass is 628 g/mol. The summed E-state index contributed by atoms with van der Waals surface area (Å²) in [4.78, 5) is 14.1. The standard InChI is InChI=1S/C28H48N2O6S2Si2/c1-7-31-39(32-8-2,33-9-3)21-13-19-29-23-25-15-17-27(37-25)28-18-16-26(38-28)24-30-20-14-22-40(34-10-4,35-11-5)36-12-6/h15-18,23-24H,7-14,19-22H2,1-6H3. The molecule has 0 amide bonds. The van der Waals surface area contributed by atoms with Gasteiger partial charge in [-0.1, -0.05) is 0 Å². The Morgan fingerprint density at radius 1 is 0.550 bits per heavy atom. The Balaban J connectivity index is 1.84. The Labute approximate surface area is 251 Å². The van der Waals surface area contributed by atoms with Gasteiger partial charge >= 0.3 is 17.6 Å². The van der Waals surface area contributed by atoms with Gasteiger partial charge in [-0.3, -0.25) is 9.98 Å². The Bertz CT molecular complexity index is 889. The van der Waals surface area contributed by atoms with Gasteiger partial charge < -0.3 is 26.6 Å². The summed E-state index contributed by atoms with van der Waals surface area (Å²) in [6.45, 7) is 17.0. The average Bonchev–Trinajstić information content (AvgIpc) is 3.59. The van der Waals surface area contributed by atoms with Crippen LogP contribution in [0.15, 0.2) is 34.3 Å². The molecule has 0 spiro atoms. The molecule has 0 unspecified atom stereocenters. The summed E-state index contributed by atoms with van der Waals surface area (Å²) in [5, 5.41) is 0. The molecule has 0 aliphatic heterocycles. The van der Waals surface area contributed by atoms with Crippen molar-refractivity contribution in [3.05, 3.63) is 34.0 Å². The second-order valence-electron chi connectivity index (χ2n) is 8.65.